The predicted octanol–water partition coefficient (Wildman–Crippen LogP) is 4.79. The highest BCUT2D eigenvalue weighted by molar-refractivity contribution is 7.93. The lowest BCUT2D eigenvalue weighted by Gasteiger charge is -2.41. The minimum Gasteiger partial charge on any atom is -0.496 e. The van der Waals surface area contributed by atoms with Crippen LogP contribution in [-0.4, -0.2) is 95.3 Å². The molecule has 258 valence electrons. The Labute approximate surface area is 291 Å². The van der Waals surface area contributed by atoms with Crippen LogP contribution in [0.3, 0.4) is 0 Å². The number of carbonyl (C=O) groups excluding carboxylic acids is 2. The van der Waals surface area contributed by atoms with E-state index in [1.54, 1.807) is 43.3 Å². The second kappa shape index (κ2) is 13.9. The maximum atomic E-state index is 15.3. The number of sulfonamides is 1. The number of amides is 2. The smallest absolute Gasteiger partial charge is 0.410 e. The van der Waals surface area contributed by atoms with Gasteiger partial charge < -0.3 is 19.1 Å². The number of nitriles is 1. The Balaban J connectivity index is 1.52. The van der Waals surface area contributed by atoms with E-state index in [0.717, 1.165) is 23.9 Å². The molecule has 2 atom stereocenters. The fourth-order valence-electron chi connectivity index (χ4n) is 6.91. The Bertz CT molecular complexity index is 1890. The summed E-state index contributed by atoms with van der Waals surface area (Å²) < 4.78 is 47.6. The van der Waals surface area contributed by atoms with Crippen LogP contribution < -0.4 is 13.8 Å². The van der Waals surface area contributed by atoms with Gasteiger partial charge in [-0.15, -0.1) is 0 Å². The molecule has 0 bridgehead atoms. The molecule has 3 aliphatic heterocycles. The van der Waals surface area contributed by atoms with Crippen LogP contribution in [0.4, 0.5) is 10.5 Å². The van der Waals surface area contributed by atoms with Crippen LogP contribution in [0, 0.1) is 11.3 Å². The fraction of sp³-hybridized carbons (Fsp3) is 0.400. The van der Waals surface area contributed by atoms with Crippen molar-refractivity contribution in [3.8, 4) is 17.6 Å². The first-order chi connectivity index (χ1) is 23.5. The maximum absolute atomic E-state index is 15.3. The average Bonchev–Trinajstić information content (AvgIpc) is 3.84. The summed E-state index contributed by atoms with van der Waals surface area (Å²) in [6, 6.07) is 17.0. The molecule has 3 aliphatic rings. The van der Waals surface area contributed by atoms with Crippen molar-refractivity contribution in [3.05, 3.63) is 82.4 Å². The lowest BCUT2D eigenvalue weighted by molar-refractivity contribution is -0.132. The van der Waals surface area contributed by atoms with Gasteiger partial charge in [0.1, 0.15) is 18.1 Å². The number of rotatable bonds is 10. The van der Waals surface area contributed by atoms with Crippen LogP contribution >= 0.6 is 11.6 Å². The number of hydrogen-bond donors (Lipinski definition) is 0. The van der Waals surface area contributed by atoms with E-state index >= 15 is 4.79 Å². The van der Waals surface area contributed by atoms with Crippen molar-refractivity contribution < 1.29 is 32.2 Å². The molecule has 1 unspecified atom stereocenters. The molecule has 0 N–H and O–H groups in total. The molecule has 2 saturated heterocycles. The molecular formula is C35H38ClN5O7S. The Hall–Kier alpha value is -4.35. The van der Waals surface area contributed by atoms with Crippen molar-refractivity contribution in [1.29, 1.82) is 5.26 Å². The van der Waals surface area contributed by atoms with E-state index in [9.17, 15) is 18.5 Å². The molecule has 3 aromatic rings. The Kier molecular flexibility index (Phi) is 9.77. The minimum atomic E-state index is -4.53. The van der Waals surface area contributed by atoms with E-state index in [1.165, 1.54) is 61.2 Å². The van der Waals surface area contributed by atoms with Gasteiger partial charge >= 0.3 is 6.09 Å². The van der Waals surface area contributed by atoms with Crippen LogP contribution in [0.15, 0.2) is 65.6 Å². The standard InChI is InChI=1S/C35H38ClN5O7S/c1-38(2)34(43)48-32-7-6-18-40(32)35(28-14-11-26(22-31(28)46-3)47-20-19-39-16-4-5-17-39)29-21-25(36)10-15-30(29)41(33(35)42)49(44,45)27-12-8-24(23-37)9-13-27/h8-15,21-22,32H,4-7,16-20H2,1-3H3/t32-,35?/m0/s1. The van der Waals surface area contributed by atoms with E-state index in [-0.39, 0.29) is 39.0 Å². The van der Waals surface area contributed by atoms with Gasteiger partial charge in [-0.3, -0.25) is 9.69 Å². The van der Waals surface area contributed by atoms with E-state index in [4.69, 9.17) is 25.8 Å². The summed E-state index contributed by atoms with van der Waals surface area (Å²) in [5.41, 5.74) is -0.871. The van der Waals surface area contributed by atoms with Gasteiger partial charge in [0.25, 0.3) is 15.9 Å². The molecule has 49 heavy (non-hydrogen) atoms. The molecule has 2 amide bonds. The summed E-state index contributed by atoms with van der Waals surface area (Å²) in [6.07, 6.45) is 1.78. The molecule has 0 saturated carbocycles. The summed E-state index contributed by atoms with van der Waals surface area (Å²) in [7, 11) is 0.0589. The quantitative estimate of drug-likeness (QED) is 0.290. The van der Waals surface area contributed by atoms with Crippen molar-refractivity contribution in [2.24, 2.45) is 0 Å². The number of halogens is 1. The Morgan fingerprint density at radius 1 is 1.02 bits per heavy atom. The SMILES string of the molecule is COc1cc(OCCN2CCCC2)ccc1C1(N2CCC[C@@H]2OC(=O)N(C)C)C(=O)N(S(=O)(=O)c2ccc(C#N)cc2)c2ccc(Cl)cc21. The topological polar surface area (TPSA) is 133 Å². The van der Waals surface area contributed by atoms with E-state index in [0.29, 0.717) is 30.8 Å². The van der Waals surface area contributed by atoms with Gasteiger partial charge in [0, 0.05) is 49.4 Å². The number of fused-ring (bicyclic) bond motifs is 1. The summed E-state index contributed by atoms with van der Waals surface area (Å²) in [4.78, 5) is 33.4. The minimum absolute atomic E-state index is 0.0938. The maximum Gasteiger partial charge on any atom is 0.410 e. The fourth-order valence-corrected chi connectivity index (χ4v) is 8.54. The van der Waals surface area contributed by atoms with Crippen molar-refractivity contribution >= 4 is 39.3 Å². The number of methoxy groups -OCH3 is 1. The monoisotopic (exact) mass is 707 g/mol. The van der Waals surface area contributed by atoms with E-state index in [2.05, 4.69) is 4.90 Å². The first-order valence-electron chi connectivity index (χ1n) is 16.1. The van der Waals surface area contributed by atoms with Crippen molar-refractivity contribution in [1.82, 2.24) is 14.7 Å². The zero-order valence-corrected chi connectivity index (χ0v) is 29.2. The number of anilines is 1. The van der Waals surface area contributed by atoms with Crippen LogP contribution in [0.25, 0.3) is 0 Å². The highest BCUT2D eigenvalue weighted by Crippen LogP contribution is 2.55. The normalized spacial score (nSPS) is 21.0. The Morgan fingerprint density at radius 3 is 2.43 bits per heavy atom. The molecule has 3 heterocycles. The van der Waals surface area contributed by atoms with Gasteiger partial charge in [0.2, 0.25) is 0 Å². The third kappa shape index (κ3) is 6.18. The molecule has 12 nitrogen and oxygen atoms in total. The molecule has 2 fully saturated rings. The Morgan fingerprint density at radius 2 is 1.76 bits per heavy atom. The number of carbonyl (C=O) groups is 2. The van der Waals surface area contributed by atoms with Gasteiger partial charge in [0.05, 0.1) is 29.3 Å². The second-order valence-corrected chi connectivity index (χ2v) is 14.6. The largest absolute Gasteiger partial charge is 0.496 e. The molecule has 0 aromatic heterocycles. The van der Waals surface area contributed by atoms with Crippen LogP contribution in [-0.2, 0) is 25.1 Å². The van der Waals surface area contributed by atoms with Crippen molar-refractivity contribution in [2.45, 2.75) is 42.3 Å². The zero-order chi connectivity index (χ0) is 34.9. The molecular weight excluding hydrogens is 670 g/mol. The first kappa shape index (κ1) is 34.5. The lowest BCUT2D eigenvalue weighted by atomic mass is 9.81. The van der Waals surface area contributed by atoms with Crippen LogP contribution in [0.5, 0.6) is 11.5 Å². The average molecular weight is 708 g/mol. The third-order valence-electron chi connectivity index (χ3n) is 9.25. The summed E-state index contributed by atoms with van der Waals surface area (Å²) in [5, 5.41) is 9.57. The van der Waals surface area contributed by atoms with E-state index in [1.807, 2.05) is 6.07 Å². The van der Waals surface area contributed by atoms with Crippen molar-refractivity contribution in [2.75, 3.05) is 58.3 Å². The zero-order valence-electron chi connectivity index (χ0n) is 27.6. The van der Waals surface area contributed by atoms with Crippen LogP contribution in [0.2, 0.25) is 5.02 Å². The summed E-state index contributed by atoms with van der Waals surface area (Å²) in [6.45, 7) is 3.58. The molecule has 6 rings (SSSR count). The lowest BCUT2D eigenvalue weighted by Crippen LogP contribution is -2.57. The van der Waals surface area contributed by atoms with Gasteiger partial charge in [-0.2, -0.15) is 5.26 Å². The summed E-state index contributed by atoms with van der Waals surface area (Å²) >= 11 is 6.60. The highest BCUT2D eigenvalue weighted by atomic mass is 35.5. The third-order valence-corrected chi connectivity index (χ3v) is 11.2. The van der Waals surface area contributed by atoms with Gasteiger partial charge in [-0.25, -0.2) is 22.4 Å². The molecule has 14 heteroatoms. The number of benzene rings is 3. The molecule has 3 aromatic carbocycles. The van der Waals surface area contributed by atoms with E-state index < -0.39 is 33.8 Å². The number of likely N-dealkylation sites (tertiary alicyclic amines) is 2. The van der Waals surface area contributed by atoms with Gasteiger partial charge in [0.15, 0.2) is 11.8 Å². The second-order valence-electron chi connectivity index (χ2n) is 12.4. The van der Waals surface area contributed by atoms with Crippen molar-refractivity contribution in [3.63, 3.8) is 0 Å². The molecule has 0 radical (unpaired) electrons. The molecule has 0 aliphatic carbocycles. The number of hydrogen-bond acceptors (Lipinski definition) is 10. The molecule has 0 spiro atoms. The highest BCUT2D eigenvalue weighted by Gasteiger charge is 2.63. The van der Waals surface area contributed by atoms with Crippen LogP contribution in [0.1, 0.15) is 42.4 Å². The number of nitrogens with zero attached hydrogens (tertiary/aromatic N) is 5. The summed E-state index contributed by atoms with van der Waals surface area (Å²) in [5.74, 6) is -0.0196. The van der Waals surface area contributed by atoms with Gasteiger partial charge in [-0.1, -0.05) is 11.6 Å². The van der Waals surface area contributed by atoms with Gasteiger partial charge in [-0.05, 0) is 93.4 Å². The predicted molar refractivity (Wildman–Crippen MR) is 182 cm³/mol. The number of ether oxygens (including phenoxy) is 3. The first-order valence-corrected chi connectivity index (χ1v) is 17.9.